The van der Waals surface area contributed by atoms with Crippen molar-refractivity contribution in [3.8, 4) is 44.5 Å². The quantitative estimate of drug-likeness (QED) is 0.145. The molecule has 12 aromatic rings. The standard InChI is InChI=1S/C62H41N/c1-5-19-53-43(12-1)16-9-23-56(53)47-30-36-52(37-31-47)63(51-34-28-42(29-35-51)48-32-38-59-49(40-48)27-26-46-15-4-7-21-55(46)59)62-41-50(58-24-10-17-44-13-2-6-20-54(44)58)33-39-61(62)60-25-11-18-45-14-3-8-22-57(45)60/h1-41H. The molecule has 0 bridgehead atoms. The maximum absolute atomic E-state index is 2.45. The molecule has 0 saturated heterocycles. The highest BCUT2D eigenvalue weighted by Crippen LogP contribution is 2.46. The minimum absolute atomic E-state index is 1.08. The smallest absolute Gasteiger partial charge is 0.0546 e. The van der Waals surface area contributed by atoms with Gasteiger partial charge in [-0.2, -0.15) is 0 Å². The maximum Gasteiger partial charge on any atom is 0.0546 e. The Morgan fingerprint density at radius 1 is 0.206 bits per heavy atom. The van der Waals surface area contributed by atoms with Crippen LogP contribution in [-0.2, 0) is 0 Å². The second kappa shape index (κ2) is 15.3. The Hall–Kier alpha value is -8.26. The van der Waals surface area contributed by atoms with Crippen molar-refractivity contribution >= 4 is 70.9 Å². The first kappa shape index (κ1) is 36.6. The van der Waals surface area contributed by atoms with Crippen LogP contribution in [0.2, 0.25) is 0 Å². The minimum atomic E-state index is 1.08. The predicted molar refractivity (Wildman–Crippen MR) is 270 cm³/mol. The molecule has 0 saturated carbocycles. The molecule has 0 heterocycles. The number of anilines is 3. The molecule has 0 atom stereocenters. The van der Waals surface area contributed by atoms with E-state index in [-0.39, 0.29) is 0 Å². The summed E-state index contributed by atoms with van der Waals surface area (Å²) in [5.41, 5.74) is 12.8. The normalized spacial score (nSPS) is 11.5. The zero-order valence-corrected chi connectivity index (χ0v) is 34.6. The summed E-state index contributed by atoms with van der Waals surface area (Å²) >= 11 is 0. The lowest BCUT2D eigenvalue weighted by Gasteiger charge is -2.29. The van der Waals surface area contributed by atoms with Crippen LogP contribution in [0.1, 0.15) is 0 Å². The second-order valence-corrected chi connectivity index (χ2v) is 16.5. The molecular formula is C62H41N. The van der Waals surface area contributed by atoms with Gasteiger partial charge in [0.2, 0.25) is 0 Å². The maximum atomic E-state index is 2.45. The van der Waals surface area contributed by atoms with Crippen molar-refractivity contribution in [1.29, 1.82) is 0 Å². The summed E-state index contributed by atoms with van der Waals surface area (Å²) in [6, 6.07) is 91.2. The molecule has 0 spiro atoms. The van der Waals surface area contributed by atoms with Gasteiger partial charge in [-0.25, -0.2) is 0 Å². The summed E-state index contributed by atoms with van der Waals surface area (Å²) in [5, 5.41) is 12.5. The fraction of sp³-hybridized carbons (Fsp3) is 0. The number of benzene rings is 12. The summed E-state index contributed by atoms with van der Waals surface area (Å²) in [6.45, 7) is 0. The molecule has 0 aliphatic carbocycles. The molecule has 0 aromatic heterocycles. The molecule has 0 fully saturated rings. The van der Waals surface area contributed by atoms with Crippen LogP contribution in [0.3, 0.4) is 0 Å². The topological polar surface area (TPSA) is 3.24 Å². The van der Waals surface area contributed by atoms with Gasteiger partial charge in [0.1, 0.15) is 0 Å². The number of rotatable bonds is 7. The van der Waals surface area contributed by atoms with E-state index in [0.717, 1.165) is 17.1 Å². The Bertz CT molecular complexity index is 3660. The lowest BCUT2D eigenvalue weighted by Crippen LogP contribution is -2.11. The molecule has 12 rings (SSSR count). The van der Waals surface area contributed by atoms with Gasteiger partial charge in [-0.05, 0) is 129 Å². The third kappa shape index (κ3) is 6.50. The Morgan fingerprint density at radius 2 is 0.619 bits per heavy atom. The molecule has 1 heteroatoms. The van der Waals surface area contributed by atoms with Crippen LogP contribution in [0, 0.1) is 0 Å². The van der Waals surface area contributed by atoms with Crippen LogP contribution in [0.25, 0.3) is 98.4 Å². The Kier molecular flexibility index (Phi) is 8.90. The monoisotopic (exact) mass is 799 g/mol. The van der Waals surface area contributed by atoms with Crippen LogP contribution in [0.15, 0.2) is 249 Å². The largest absolute Gasteiger partial charge is 0.310 e. The van der Waals surface area contributed by atoms with E-state index < -0.39 is 0 Å². The van der Waals surface area contributed by atoms with E-state index in [1.54, 1.807) is 0 Å². The van der Waals surface area contributed by atoms with Crippen LogP contribution in [0.5, 0.6) is 0 Å². The molecule has 0 unspecified atom stereocenters. The van der Waals surface area contributed by atoms with E-state index in [1.807, 2.05) is 0 Å². The Morgan fingerprint density at radius 3 is 1.22 bits per heavy atom. The van der Waals surface area contributed by atoms with E-state index in [0.29, 0.717) is 0 Å². The number of nitrogens with zero attached hydrogens (tertiary/aromatic N) is 1. The first-order valence-electron chi connectivity index (χ1n) is 21.7. The average molecular weight is 800 g/mol. The molecule has 294 valence electrons. The first-order chi connectivity index (χ1) is 31.2. The van der Waals surface area contributed by atoms with Crippen molar-refractivity contribution in [2.75, 3.05) is 4.90 Å². The molecule has 0 N–H and O–H groups in total. The van der Waals surface area contributed by atoms with Crippen molar-refractivity contribution in [3.63, 3.8) is 0 Å². The van der Waals surface area contributed by atoms with Gasteiger partial charge in [0.15, 0.2) is 0 Å². The first-order valence-corrected chi connectivity index (χ1v) is 21.7. The Labute approximate surface area is 367 Å². The van der Waals surface area contributed by atoms with Gasteiger partial charge in [0.25, 0.3) is 0 Å². The summed E-state index contributed by atoms with van der Waals surface area (Å²) in [7, 11) is 0. The minimum Gasteiger partial charge on any atom is -0.310 e. The molecule has 1 nitrogen and oxygen atoms in total. The van der Waals surface area contributed by atoms with Crippen molar-refractivity contribution in [1.82, 2.24) is 0 Å². The Balaban J connectivity index is 1.06. The van der Waals surface area contributed by atoms with Crippen LogP contribution >= 0.6 is 0 Å². The van der Waals surface area contributed by atoms with Crippen LogP contribution in [-0.4, -0.2) is 0 Å². The van der Waals surface area contributed by atoms with Gasteiger partial charge in [0.05, 0.1) is 5.69 Å². The van der Waals surface area contributed by atoms with E-state index in [1.165, 1.54) is 98.4 Å². The summed E-state index contributed by atoms with van der Waals surface area (Å²) in [6.07, 6.45) is 0. The second-order valence-electron chi connectivity index (χ2n) is 16.5. The van der Waals surface area contributed by atoms with Gasteiger partial charge < -0.3 is 4.90 Å². The van der Waals surface area contributed by atoms with E-state index in [4.69, 9.17) is 0 Å². The number of fused-ring (bicyclic) bond motifs is 6. The lowest BCUT2D eigenvalue weighted by molar-refractivity contribution is 1.28. The van der Waals surface area contributed by atoms with Gasteiger partial charge in [0, 0.05) is 16.9 Å². The lowest BCUT2D eigenvalue weighted by atomic mass is 9.92. The molecular weight excluding hydrogens is 759 g/mol. The zero-order chi connectivity index (χ0) is 41.7. The molecule has 63 heavy (non-hydrogen) atoms. The van der Waals surface area contributed by atoms with E-state index in [2.05, 4.69) is 254 Å². The van der Waals surface area contributed by atoms with Crippen LogP contribution < -0.4 is 4.90 Å². The highest BCUT2D eigenvalue weighted by atomic mass is 15.1. The van der Waals surface area contributed by atoms with Crippen LogP contribution in [0.4, 0.5) is 17.1 Å². The number of hydrogen-bond acceptors (Lipinski definition) is 1. The molecule has 12 aromatic carbocycles. The zero-order valence-electron chi connectivity index (χ0n) is 34.6. The fourth-order valence-electron chi connectivity index (χ4n) is 9.74. The molecule has 0 amide bonds. The highest BCUT2D eigenvalue weighted by Gasteiger charge is 2.21. The third-order valence-corrected chi connectivity index (χ3v) is 12.8. The van der Waals surface area contributed by atoms with Crippen molar-refractivity contribution in [2.24, 2.45) is 0 Å². The summed E-state index contributed by atoms with van der Waals surface area (Å²) in [4.78, 5) is 2.45. The van der Waals surface area contributed by atoms with Gasteiger partial charge in [-0.15, -0.1) is 0 Å². The average Bonchev–Trinajstić information content (AvgIpc) is 3.36. The SMILES string of the molecule is c1ccc2c(-c3ccc(N(c4ccc(-c5ccc6c(ccc7ccccc76)c5)cc4)c4cc(-c5cccc6ccccc56)ccc4-c4cccc5ccccc45)cc3)cccc2c1. The van der Waals surface area contributed by atoms with Gasteiger partial charge in [-0.1, -0.05) is 212 Å². The molecule has 0 aliphatic rings. The number of hydrogen-bond donors (Lipinski definition) is 0. The third-order valence-electron chi connectivity index (χ3n) is 12.8. The highest BCUT2D eigenvalue weighted by molar-refractivity contribution is 6.09. The van der Waals surface area contributed by atoms with Gasteiger partial charge >= 0.3 is 0 Å². The van der Waals surface area contributed by atoms with Crippen molar-refractivity contribution in [3.05, 3.63) is 249 Å². The van der Waals surface area contributed by atoms with Crippen molar-refractivity contribution in [2.45, 2.75) is 0 Å². The fourth-order valence-corrected chi connectivity index (χ4v) is 9.74. The van der Waals surface area contributed by atoms with Gasteiger partial charge in [-0.3, -0.25) is 0 Å². The summed E-state index contributed by atoms with van der Waals surface area (Å²) in [5.74, 6) is 0. The predicted octanol–water partition coefficient (Wildman–Crippen LogP) is 17.6. The summed E-state index contributed by atoms with van der Waals surface area (Å²) < 4.78 is 0. The van der Waals surface area contributed by atoms with E-state index in [9.17, 15) is 0 Å². The molecule has 0 radical (unpaired) electrons. The van der Waals surface area contributed by atoms with Crippen molar-refractivity contribution < 1.29 is 0 Å². The van der Waals surface area contributed by atoms with E-state index >= 15 is 0 Å². The molecule has 0 aliphatic heterocycles.